The smallest absolute Gasteiger partial charge is 0.322 e. The van der Waals surface area contributed by atoms with Crippen LogP contribution in [0.1, 0.15) is 52.4 Å². The van der Waals surface area contributed by atoms with Crippen molar-refractivity contribution in [3.63, 3.8) is 0 Å². The van der Waals surface area contributed by atoms with E-state index in [1.807, 2.05) is 13.8 Å². The Labute approximate surface area is 96.6 Å². The minimum Gasteiger partial charge on any atom is -0.499 e. The SMILES string of the molecule is CCCCC(CCCC)C(=O)C(O)=C(O)O. The molecule has 0 aliphatic rings. The lowest BCUT2D eigenvalue weighted by atomic mass is 9.91. The molecule has 0 aliphatic carbocycles. The third-order valence-electron chi connectivity index (χ3n) is 2.63. The van der Waals surface area contributed by atoms with Crippen LogP contribution in [0.3, 0.4) is 0 Å². The van der Waals surface area contributed by atoms with Crippen molar-refractivity contribution in [1.29, 1.82) is 0 Å². The van der Waals surface area contributed by atoms with Gasteiger partial charge in [0.25, 0.3) is 0 Å². The first-order valence-electron chi connectivity index (χ1n) is 5.89. The highest BCUT2D eigenvalue weighted by Crippen LogP contribution is 2.20. The molecule has 0 aliphatic heterocycles. The van der Waals surface area contributed by atoms with Crippen LogP contribution in [0.25, 0.3) is 0 Å². The van der Waals surface area contributed by atoms with Crippen LogP contribution >= 0.6 is 0 Å². The maximum absolute atomic E-state index is 11.7. The second kappa shape index (κ2) is 8.02. The number of ketones is 1. The van der Waals surface area contributed by atoms with Gasteiger partial charge in [0.2, 0.25) is 11.5 Å². The van der Waals surface area contributed by atoms with Crippen LogP contribution in [-0.4, -0.2) is 21.1 Å². The Morgan fingerprint density at radius 2 is 1.44 bits per heavy atom. The number of hydrogen-bond donors (Lipinski definition) is 3. The highest BCUT2D eigenvalue weighted by molar-refractivity contribution is 5.94. The van der Waals surface area contributed by atoms with E-state index >= 15 is 0 Å². The van der Waals surface area contributed by atoms with Crippen molar-refractivity contribution in [2.45, 2.75) is 52.4 Å². The van der Waals surface area contributed by atoms with E-state index in [0.717, 1.165) is 25.7 Å². The number of carbonyl (C=O) groups is 1. The fourth-order valence-corrected chi connectivity index (χ4v) is 1.61. The molecule has 0 heterocycles. The van der Waals surface area contributed by atoms with E-state index in [1.165, 1.54) is 0 Å². The zero-order valence-electron chi connectivity index (χ0n) is 10.1. The first kappa shape index (κ1) is 14.8. The molecule has 94 valence electrons. The van der Waals surface area contributed by atoms with Crippen LogP contribution in [0.2, 0.25) is 0 Å². The van der Waals surface area contributed by atoms with Crippen molar-refractivity contribution in [3.05, 3.63) is 11.7 Å². The highest BCUT2D eigenvalue weighted by atomic mass is 16.5. The van der Waals surface area contributed by atoms with Gasteiger partial charge < -0.3 is 15.3 Å². The van der Waals surface area contributed by atoms with E-state index in [9.17, 15) is 9.90 Å². The number of rotatable bonds is 8. The minimum atomic E-state index is -1.28. The van der Waals surface area contributed by atoms with Gasteiger partial charge >= 0.3 is 5.95 Å². The van der Waals surface area contributed by atoms with Gasteiger partial charge in [-0.2, -0.15) is 0 Å². The molecule has 4 heteroatoms. The summed E-state index contributed by atoms with van der Waals surface area (Å²) < 4.78 is 0. The molecule has 0 aromatic heterocycles. The monoisotopic (exact) mass is 230 g/mol. The first-order valence-corrected chi connectivity index (χ1v) is 5.89. The van der Waals surface area contributed by atoms with Crippen molar-refractivity contribution >= 4 is 5.78 Å². The predicted molar refractivity (Wildman–Crippen MR) is 62.5 cm³/mol. The van der Waals surface area contributed by atoms with Gasteiger partial charge in [0, 0.05) is 5.92 Å². The van der Waals surface area contributed by atoms with Gasteiger partial charge in [0.1, 0.15) is 0 Å². The number of carbonyl (C=O) groups excluding carboxylic acids is 1. The Bertz CT molecular complexity index is 233. The molecule has 4 nitrogen and oxygen atoms in total. The molecular weight excluding hydrogens is 208 g/mol. The van der Waals surface area contributed by atoms with Crippen molar-refractivity contribution in [2.75, 3.05) is 0 Å². The van der Waals surface area contributed by atoms with E-state index < -0.39 is 17.5 Å². The molecule has 0 saturated heterocycles. The molecule has 3 N–H and O–H groups in total. The summed E-state index contributed by atoms with van der Waals surface area (Å²) in [6.07, 6.45) is 5.13. The summed E-state index contributed by atoms with van der Waals surface area (Å²) in [7, 11) is 0. The summed E-state index contributed by atoms with van der Waals surface area (Å²) >= 11 is 0. The zero-order valence-corrected chi connectivity index (χ0v) is 10.1. The molecule has 0 rings (SSSR count). The molecule has 0 fully saturated rings. The fraction of sp³-hybridized carbons (Fsp3) is 0.750. The molecule has 0 atom stereocenters. The number of unbranched alkanes of at least 4 members (excludes halogenated alkanes) is 2. The lowest BCUT2D eigenvalue weighted by Crippen LogP contribution is -2.18. The van der Waals surface area contributed by atoms with Gasteiger partial charge in [-0.15, -0.1) is 0 Å². The second-order valence-corrected chi connectivity index (χ2v) is 4.02. The molecule has 16 heavy (non-hydrogen) atoms. The van der Waals surface area contributed by atoms with E-state index in [1.54, 1.807) is 0 Å². The van der Waals surface area contributed by atoms with Gasteiger partial charge in [-0.1, -0.05) is 39.5 Å². The van der Waals surface area contributed by atoms with Crippen LogP contribution in [0.4, 0.5) is 0 Å². The van der Waals surface area contributed by atoms with Crippen LogP contribution in [0, 0.1) is 5.92 Å². The van der Waals surface area contributed by atoms with E-state index in [-0.39, 0.29) is 5.92 Å². The topological polar surface area (TPSA) is 77.8 Å². The molecule has 0 aromatic rings. The number of aliphatic hydroxyl groups excluding tert-OH is 2. The summed E-state index contributed by atoms with van der Waals surface area (Å²) in [5, 5.41) is 26.5. The number of hydrogen-bond acceptors (Lipinski definition) is 4. The highest BCUT2D eigenvalue weighted by Gasteiger charge is 2.23. The third kappa shape index (κ3) is 5.05. The van der Waals surface area contributed by atoms with E-state index in [0.29, 0.717) is 12.8 Å². The van der Waals surface area contributed by atoms with Crippen LogP contribution in [0.5, 0.6) is 0 Å². The average molecular weight is 230 g/mol. The fourth-order valence-electron chi connectivity index (χ4n) is 1.61. The average Bonchev–Trinajstić information content (AvgIpc) is 2.27. The van der Waals surface area contributed by atoms with Crippen molar-refractivity contribution in [3.8, 4) is 0 Å². The summed E-state index contributed by atoms with van der Waals surface area (Å²) in [6.45, 7) is 4.06. The second-order valence-electron chi connectivity index (χ2n) is 4.02. The molecule has 0 amide bonds. The minimum absolute atomic E-state index is 0.297. The summed E-state index contributed by atoms with van der Waals surface area (Å²) in [5.41, 5.74) is 0. The lowest BCUT2D eigenvalue weighted by Gasteiger charge is -2.14. The lowest BCUT2D eigenvalue weighted by molar-refractivity contribution is -0.123. The molecule has 0 aromatic carbocycles. The molecule has 0 spiro atoms. The number of Topliss-reactive ketones (excluding diaryl/α,β-unsaturated/α-hetero) is 1. The largest absolute Gasteiger partial charge is 0.499 e. The third-order valence-corrected chi connectivity index (χ3v) is 2.63. The Hall–Kier alpha value is -1.19. The normalized spacial score (nSPS) is 10.4. The molecular formula is C12H22O4. The predicted octanol–water partition coefficient (Wildman–Crippen LogP) is 3.40. The van der Waals surface area contributed by atoms with Crippen molar-refractivity contribution < 1.29 is 20.1 Å². The summed E-state index contributed by atoms with van der Waals surface area (Å²) in [6, 6.07) is 0. The Balaban J connectivity index is 4.48. The Morgan fingerprint density at radius 1 is 1.00 bits per heavy atom. The number of allylic oxidation sites excluding steroid dienone is 1. The molecule has 0 radical (unpaired) electrons. The van der Waals surface area contributed by atoms with Gasteiger partial charge in [-0.25, -0.2) is 0 Å². The van der Waals surface area contributed by atoms with Crippen LogP contribution in [0.15, 0.2) is 11.7 Å². The van der Waals surface area contributed by atoms with Crippen LogP contribution < -0.4 is 0 Å². The van der Waals surface area contributed by atoms with Gasteiger partial charge in [0.15, 0.2) is 0 Å². The van der Waals surface area contributed by atoms with Gasteiger partial charge in [-0.3, -0.25) is 4.79 Å². The molecule has 0 unspecified atom stereocenters. The quantitative estimate of drug-likeness (QED) is 0.441. The Morgan fingerprint density at radius 3 is 1.75 bits per heavy atom. The maximum atomic E-state index is 11.7. The standard InChI is InChI=1S/C12H22O4/c1-3-5-7-9(8-6-4-2)10(13)11(14)12(15)16/h9,14-16H,3-8H2,1-2H3. The van der Waals surface area contributed by atoms with E-state index in [4.69, 9.17) is 10.2 Å². The van der Waals surface area contributed by atoms with E-state index in [2.05, 4.69) is 0 Å². The number of aliphatic hydroxyl groups is 3. The van der Waals surface area contributed by atoms with Crippen molar-refractivity contribution in [1.82, 2.24) is 0 Å². The van der Waals surface area contributed by atoms with Crippen LogP contribution in [-0.2, 0) is 4.79 Å². The first-order chi connectivity index (χ1) is 7.54. The van der Waals surface area contributed by atoms with Crippen molar-refractivity contribution in [2.24, 2.45) is 5.92 Å². The van der Waals surface area contributed by atoms with Gasteiger partial charge in [-0.05, 0) is 12.8 Å². The zero-order chi connectivity index (χ0) is 12.6. The molecule has 0 saturated carbocycles. The maximum Gasteiger partial charge on any atom is 0.322 e. The molecule has 0 bridgehead atoms. The summed E-state index contributed by atoms with van der Waals surface area (Å²) in [5.74, 6) is -3.03. The summed E-state index contributed by atoms with van der Waals surface area (Å²) in [4.78, 5) is 11.7. The Kier molecular flexibility index (Phi) is 7.42. The van der Waals surface area contributed by atoms with Gasteiger partial charge in [0.05, 0.1) is 0 Å².